The van der Waals surface area contributed by atoms with Crippen LogP contribution in [0.3, 0.4) is 0 Å². The lowest BCUT2D eigenvalue weighted by Crippen LogP contribution is -2.32. The van der Waals surface area contributed by atoms with E-state index in [4.69, 9.17) is 4.74 Å². The van der Waals surface area contributed by atoms with Crippen molar-refractivity contribution in [2.75, 3.05) is 29.9 Å². The van der Waals surface area contributed by atoms with Crippen LogP contribution in [0, 0.1) is 0 Å². The minimum Gasteiger partial charge on any atom is -0.370 e. The number of piperidine rings is 1. The van der Waals surface area contributed by atoms with Gasteiger partial charge in [0.05, 0.1) is 24.2 Å². The number of hydrogen-bond donors (Lipinski definition) is 1. The molecule has 0 unspecified atom stereocenters. The molecule has 5 nitrogen and oxygen atoms in total. The van der Waals surface area contributed by atoms with Crippen LogP contribution in [0.1, 0.15) is 26.2 Å². The summed E-state index contributed by atoms with van der Waals surface area (Å²) in [7, 11) is 0. The molecule has 2 rings (SSSR count). The van der Waals surface area contributed by atoms with Crippen molar-refractivity contribution in [3.8, 4) is 0 Å². The Kier molecular flexibility index (Phi) is 5.75. The molecular formula is C16H23N3O2. The van der Waals surface area contributed by atoms with Gasteiger partial charge in [0.25, 0.3) is 5.91 Å². The zero-order chi connectivity index (χ0) is 15.1. The number of hydrogen-bond acceptors (Lipinski definition) is 4. The monoisotopic (exact) mass is 289 g/mol. The Morgan fingerprint density at radius 2 is 2.29 bits per heavy atom. The van der Waals surface area contributed by atoms with Gasteiger partial charge in [0.2, 0.25) is 0 Å². The molecule has 0 aliphatic carbocycles. The fourth-order valence-corrected chi connectivity index (χ4v) is 2.42. The first-order valence-corrected chi connectivity index (χ1v) is 7.44. The van der Waals surface area contributed by atoms with Gasteiger partial charge in [0, 0.05) is 19.3 Å². The SMILES string of the molecule is C=CCO[C@@H](C)C(=O)Nc1cnccc1N1CCCCC1. The minimum absolute atomic E-state index is 0.164. The quantitative estimate of drug-likeness (QED) is 0.818. The van der Waals surface area contributed by atoms with Gasteiger partial charge in [-0.1, -0.05) is 6.08 Å². The Morgan fingerprint density at radius 1 is 1.52 bits per heavy atom. The smallest absolute Gasteiger partial charge is 0.253 e. The van der Waals surface area contributed by atoms with Crippen molar-refractivity contribution in [2.24, 2.45) is 0 Å². The fourth-order valence-electron chi connectivity index (χ4n) is 2.42. The molecule has 114 valence electrons. The molecule has 21 heavy (non-hydrogen) atoms. The van der Waals surface area contributed by atoms with E-state index < -0.39 is 6.10 Å². The van der Waals surface area contributed by atoms with Gasteiger partial charge in [-0.15, -0.1) is 6.58 Å². The van der Waals surface area contributed by atoms with Gasteiger partial charge in [0.1, 0.15) is 6.10 Å². The van der Waals surface area contributed by atoms with E-state index in [2.05, 4.69) is 21.8 Å². The maximum Gasteiger partial charge on any atom is 0.253 e. The third-order valence-electron chi connectivity index (χ3n) is 3.59. The largest absolute Gasteiger partial charge is 0.370 e. The van der Waals surface area contributed by atoms with Crippen LogP contribution in [0.25, 0.3) is 0 Å². The molecule has 1 aromatic heterocycles. The molecule has 0 aromatic carbocycles. The maximum absolute atomic E-state index is 12.1. The summed E-state index contributed by atoms with van der Waals surface area (Å²) in [6.45, 7) is 7.72. The molecule has 0 radical (unpaired) electrons. The first-order valence-electron chi connectivity index (χ1n) is 7.44. The van der Waals surface area contributed by atoms with E-state index >= 15 is 0 Å². The predicted octanol–water partition coefficient (Wildman–Crippen LogP) is 2.60. The van der Waals surface area contributed by atoms with Gasteiger partial charge < -0.3 is 15.0 Å². The van der Waals surface area contributed by atoms with E-state index in [1.54, 1.807) is 25.4 Å². The number of nitrogens with one attached hydrogen (secondary N) is 1. The maximum atomic E-state index is 12.1. The summed E-state index contributed by atoms with van der Waals surface area (Å²) in [4.78, 5) is 18.6. The first kappa shape index (κ1) is 15.5. The van der Waals surface area contributed by atoms with Gasteiger partial charge in [-0.2, -0.15) is 0 Å². The molecule has 0 bridgehead atoms. The highest BCUT2D eigenvalue weighted by Gasteiger charge is 2.18. The van der Waals surface area contributed by atoms with E-state index in [1.165, 1.54) is 19.3 Å². The summed E-state index contributed by atoms with van der Waals surface area (Å²) in [5.41, 5.74) is 1.78. The molecule has 1 atom stereocenters. The second-order valence-corrected chi connectivity index (χ2v) is 5.19. The molecule has 2 heterocycles. The highest BCUT2D eigenvalue weighted by molar-refractivity contribution is 5.96. The molecule has 1 aliphatic rings. The minimum atomic E-state index is -0.516. The molecule has 0 spiro atoms. The topological polar surface area (TPSA) is 54.5 Å². The fraction of sp³-hybridized carbons (Fsp3) is 0.500. The van der Waals surface area contributed by atoms with Crippen molar-refractivity contribution in [2.45, 2.75) is 32.3 Å². The number of nitrogens with zero attached hydrogens (tertiary/aromatic N) is 2. The van der Waals surface area contributed by atoms with Gasteiger partial charge in [-0.25, -0.2) is 0 Å². The van der Waals surface area contributed by atoms with Crippen molar-refractivity contribution in [1.29, 1.82) is 0 Å². The third-order valence-corrected chi connectivity index (χ3v) is 3.59. The number of aromatic nitrogens is 1. The molecule has 1 amide bonds. The van der Waals surface area contributed by atoms with Crippen LogP contribution in [0.15, 0.2) is 31.1 Å². The summed E-state index contributed by atoms with van der Waals surface area (Å²) in [5.74, 6) is -0.164. The zero-order valence-corrected chi connectivity index (χ0v) is 12.5. The number of ether oxygens (including phenoxy) is 1. The van der Waals surface area contributed by atoms with Crippen molar-refractivity contribution in [3.63, 3.8) is 0 Å². The number of carbonyl (C=O) groups is 1. The molecule has 1 aliphatic heterocycles. The Labute approximate surface area is 126 Å². The summed E-state index contributed by atoms with van der Waals surface area (Å²) in [5, 5.41) is 2.91. The number of rotatable bonds is 6. The highest BCUT2D eigenvalue weighted by Crippen LogP contribution is 2.27. The van der Waals surface area contributed by atoms with Gasteiger partial charge >= 0.3 is 0 Å². The second kappa shape index (κ2) is 7.78. The van der Waals surface area contributed by atoms with Crippen molar-refractivity contribution < 1.29 is 9.53 Å². The molecule has 0 saturated carbocycles. The molecule has 1 N–H and O–H groups in total. The lowest BCUT2D eigenvalue weighted by Gasteiger charge is -2.30. The zero-order valence-electron chi connectivity index (χ0n) is 12.5. The average molecular weight is 289 g/mol. The summed E-state index contributed by atoms with van der Waals surface area (Å²) >= 11 is 0. The van der Waals surface area contributed by atoms with E-state index in [9.17, 15) is 4.79 Å². The molecule has 1 fully saturated rings. The highest BCUT2D eigenvalue weighted by atomic mass is 16.5. The summed E-state index contributed by atoms with van der Waals surface area (Å²) < 4.78 is 5.35. The van der Waals surface area contributed by atoms with Crippen LogP contribution in [-0.2, 0) is 9.53 Å². The van der Waals surface area contributed by atoms with E-state index in [0.717, 1.165) is 24.5 Å². The number of amides is 1. The van der Waals surface area contributed by atoms with E-state index in [-0.39, 0.29) is 5.91 Å². The lowest BCUT2D eigenvalue weighted by atomic mass is 10.1. The normalized spacial score (nSPS) is 16.3. The average Bonchev–Trinajstić information content (AvgIpc) is 2.54. The van der Waals surface area contributed by atoms with Crippen molar-refractivity contribution in [3.05, 3.63) is 31.1 Å². The Bertz CT molecular complexity index is 484. The molecular weight excluding hydrogens is 266 g/mol. The van der Waals surface area contributed by atoms with Gasteiger partial charge in [-0.3, -0.25) is 9.78 Å². The van der Waals surface area contributed by atoms with E-state index in [0.29, 0.717) is 6.61 Å². The number of anilines is 2. The van der Waals surface area contributed by atoms with Crippen LogP contribution < -0.4 is 10.2 Å². The van der Waals surface area contributed by atoms with Crippen molar-refractivity contribution in [1.82, 2.24) is 4.98 Å². The van der Waals surface area contributed by atoms with Gasteiger partial charge in [-0.05, 0) is 32.3 Å². The predicted molar refractivity (Wildman–Crippen MR) is 84.5 cm³/mol. The van der Waals surface area contributed by atoms with Gasteiger partial charge in [0.15, 0.2) is 0 Å². The summed E-state index contributed by atoms with van der Waals surface area (Å²) in [6.07, 6.45) is 8.22. The number of carbonyl (C=O) groups excluding carboxylic acids is 1. The Morgan fingerprint density at radius 3 is 3.00 bits per heavy atom. The Hall–Kier alpha value is -1.88. The number of pyridine rings is 1. The Balaban J connectivity index is 2.05. The molecule has 1 aromatic rings. The molecule has 1 saturated heterocycles. The van der Waals surface area contributed by atoms with Crippen molar-refractivity contribution >= 4 is 17.3 Å². The summed E-state index contributed by atoms with van der Waals surface area (Å²) in [6, 6.07) is 1.95. The first-order chi connectivity index (χ1) is 10.2. The van der Waals surface area contributed by atoms with Crippen LogP contribution >= 0.6 is 0 Å². The van der Waals surface area contributed by atoms with Crippen LogP contribution in [0.2, 0.25) is 0 Å². The molecule has 5 heteroatoms. The third kappa shape index (κ3) is 4.29. The second-order valence-electron chi connectivity index (χ2n) is 5.19. The van der Waals surface area contributed by atoms with Crippen LogP contribution in [0.4, 0.5) is 11.4 Å². The van der Waals surface area contributed by atoms with Crippen LogP contribution in [-0.4, -0.2) is 36.7 Å². The van der Waals surface area contributed by atoms with E-state index in [1.807, 2.05) is 6.07 Å². The van der Waals surface area contributed by atoms with Crippen LogP contribution in [0.5, 0.6) is 0 Å². The lowest BCUT2D eigenvalue weighted by molar-refractivity contribution is -0.125. The standard InChI is InChI=1S/C16H23N3O2/c1-3-11-21-13(2)16(20)18-14-12-17-8-7-15(14)19-9-5-4-6-10-19/h3,7-8,12-13H,1,4-6,9-11H2,2H3,(H,18,20)/t13-/m0/s1.